The highest BCUT2D eigenvalue weighted by Crippen LogP contribution is 2.16. The van der Waals surface area contributed by atoms with Gasteiger partial charge in [-0.05, 0) is 32.6 Å². The second-order valence-electron chi connectivity index (χ2n) is 6.36. The van der Waals surface area contributed by atoms with E-state index in [1.807, 2.05) is 11.8 Å². The third kappa shape index (κ3) is 8.97. The van der Waals surface area contributed by atoms with Gasteiger partial charge in [0, 0.05) is 13.1 Å². The third-order valence-corrected chi connectivity index (χ3v) is 4.25. The first-order chi connectivity index (χ1) is 11.0. The normalized spacial score (nSPS) is 13.4. The van der Waals surface area contributed by atoms with Crippen LogP contribution in [0.2, 0.25) is 0 Å². The lowest BCUT2D eigenvalue weighted by Crippen LogP contribution is -2.41. The number of hydrogen-bond donors (Lipinski definition) is 0. The first-order valence-electron chi connectivity index (χ1n) is 9.50. The van der Waals surface area contributed by atoms with E-state index in [4.69, 9.17) is 4.74 Å². The van der Waals surface area contributed by atoms with Crippen molar-refractivity contribution in [1.29, 1.82) is 0 Å². The molecular formula is C19H37NO3. The third-order valence-electron chi connectivity index (χ3n) is 4.25. The van der Waals surface area contributed by atoms with E-state index in [0.717, 1.165) is 64.5 Å². The van der Waals surface area contributed by atoms with Crippen molar-refractivity contribution in [1.82, 2.24) is 4.90 Å². The number of carbonyl (C=O) groups excluding carboxylic acids is 2. The van der Waals surface area contributed by atoms with Crippen molar-refractivity contribution in [3.63, 3.8) is 0 Å². The molecule has 136 valence electrons. The van der Waals surface area contributed by atoms with Crippen LogP contribution in [0.25, 0.3) is 0 Å². The largest absolute Gasteiger partial charge is 0.452 e. The van der Waals surface area contributed by atoms with Crippen molar-refractivity contribution in [3.05, 3.63) is 0 Å². The van der Waals surface area contributed by atoms with Gasteiger partial charge in [-0.25, -0.2) is 0 Å². The standard InChI is InChI=1S/C19H37NO3/c1-6-10-13-17(9-4)19(22)23-16(5)18(21)20(14-11-7-2)15-12-8-3/h16-17H,6-15H2,1-5H3/t16-,17-/m1/s1. The topological polar surface area (TPSA) is 46.6 Å². The zero-order valence-electron chi connectivity index (χ0n) is 15.9. The highest BCUT2D eigenvalue weighted by Gasteiger charge is 2.26. The van der Waals surface area contributed by atoms with Gasteiger partial charge in [0.15, 0.2) is 6.10 Å². The SMILES string of the molecule is CCCC[C@@H](CC)C(=O)O[C@H](C)C(=O)N(CCCC)CCCC. The van der Waals surface area contributed by atoms with Gasteiger partial charge in [-0.3, -0.25) is 9.59 Å². The number of carbonyl (C=O) groups is 2. The minimum absolute atomic E-state index is 0.0504. The molecule has 0 aliphatic carbocycles. The summed E-state index contributed by atoms with van der Waals surface area (Å²) in [6.07, 6.45) is 7.13. The molecule has 0 heterocycles. The number of esters is 1. The van der Waals surface area contributed by atoms with Gasteiger partial charge in [-0.15, -0.1) is 0 Å². The van der Waals surface area contributed by atoms with Crippen molar-refractivity contribution < 1.29 is 14.3 Å². The minimum Gasteiger partial charge on any atom is -0.452 e. The molecule has 23 heavy (non-hydrogen) atoms. The molecule has 4 nitrogen and oxygen atoms in total. The van der Waals surface area contributed by atoms with Gasteiger partial charge >= 0.3 is 5.97 Å². The van der Waals surface area contributed by atoms with Crippen molar-refractivity contribution >= 4 is 11.9 Å². The van der Waals surface area contributed by atoms with Crippen LogP contribution < -0.4 is 0 Å². The highest BCUT2D eigenvalue weighted by atomic mass is 16.5. The summed E-state index contributed by atoms with van der Waals surface area (Å²) in [5.74, 6) is -0.344. The van der Waals surface area contributed by atoms with Crippen LogP contribution in [0.4, 0.5) is 0 Å². The van der Waals surface area contributed by atoms with Crippen LogP contribution in [0.1, 0.15) is 86.0 Å². The lowest BCUT2D eigenvalue weighted by atomic mass is 10.00. The molecule has 0 aliphatic rings. The van der Waals surface area contributed by atoms with Crippen LogP contribution in [-0.4, -0.2) is 36.0 Å². The van der Waals surface area contributed by atoms with E-state index in [1.165, 1.54) is 0 Å². The summed E-state index contributed by atoms with van der Waals surface area (Å²) in [5.41, 5.74) is 0. The summed E-state index contributed by atoms with van der Waals surface area (Å²) in [6, 6.07) is 0. The Labute approximate surface area is 143 Å². The van der Waals surface area contributed by atoms with Crippen molar-refractivity contribution in [2.75, 3.05) is 13.1 Å². The predicted molar refractivity (Wildman–Crippen MR) is 95.3 cm³/mol. The molecule has 1 amide bonds. The molecule has 0 saturated heterocycles. The summed E-state index contributed by atoms with van der Waals surface area (Å²) in [5, 5.41) is 0. The minimum atomic E-state index is -0.674. The van der Waals surface area contributed by atoms with Gasteiger partial charge in [-0.2, -0.15) is 0 Å². The van der Waals surface area contributed by atoms with E-state index in [2.05, 4.69) is 20.8 Å². The summed E-state index contributed by atoms with van der Waals surface area (Å²) < 4.78 is 5.47. The van der Waals surface area contributed by atoms with Crippen LogP contribution in [0, 0.1) is 5.92 Å². The maximum Gasteiger partial charge on any atom is 0.309 e. The molecule has 0 aromatic heterocycles. The molecule has 0 N–H and O–H groups in total. The summed E-state index contributed by atoms with van der Waals surface area (Å²) in [6.45, 7) is 11.6. The molecule has 0 unspecified atom stereocenters. The molecule has 0 aromatic rings. The van der Waals surface area contributed by atoms with Gasteiger partial charge in [0.2, 0.25) is 0 Å². The predicted octanol–water partition coefficient (Wildman–Crippen LogP) is 4.56. The Hall–Kier alpha value is -1.06. The monoisotopic (exact) mass is 327 g/mol. The Bertz CT molecular complexity index is 323. The zero-order chi connectivity index (χ0) is 17.7. The first-order valence-corrected chi connectivity index (χ1v) is 9.50. The van der Waals surface area contributed by atoms with E-state index in [-0.39, 0.29) is 17.8 Å². The van der Waals surface area contributed by atoms with Gasteiger partial charge in [0.1, 0.15) is 0 Å². The van der Waals surface area contributed by atoms with Crippen LogP contribution in [0.5, 0.6) is 0 Å². The van der Waals surface area contributed by atoms with Crippen LogP contribution >= 0.6 is 0 Å². The Morgan fingerprint density at radius 2 is 1.43 bits per heavy atom. The number of unbranched alkanes of at least 4 members (excludes halogenated alkanes) is 3. The van der Waals surface area contributed by atoms with Gasteiger partial charge in [0.05, 0.1) is 5.92 Å². The maximum atomic E-state index is 12.6. The second-order valence-corrected chi connectivity index (χ2v) is 6.36. The molecular weight excluding hydrogens is 290 g/mol. The van der Waals surface area contributed by atoms with Crippen LogP contribution in [-0.2, 0) is 14.3 Å². The molecule has 0 rings (SSSR count). The van der Waals surface area contributed by atoms with E-state index in [0.29, 0.717) is 0 Å². The molecule has 0 radical (unpaired) electrons. The van der Waals surface area contributed by atoms with E-state index >= 15 is 0 Å². The van der Waals surface area contributed by atoms with Crippen molar-refractivity contribution in [3.8, 4) is 0 Å². The molecule has 4 heteroatoms. The van der Waals surface area contributed by atoms with Crippen molar-refractivity contribution in [2.45, 2.75) is 92.1 Å². The smallest absolute Gasteiger partial charge is 0.309 e. The Kier molecular flexibility index (Phi) is 12.8. The maximum absolute atomic E-state index is 12.6. The van der Waals surface area contributed by atoms with Gasteiger partial charge in [-0.1, -0.05) is 53.4 Å². The summed E-state index contributed by atoms with van der Waals surface area (Å²) >= 11 is 0. The number of nitrogens with zero attached hydrogens (tertiary/aromatic N) is 1. The number of amides is 1. The Morgan fingerprint density at radius 3 is 1.87 bits per heavy atom. The number of ether oxygens (including phenoxy) is 1. The zero-order valence-corrected chi connectivity index (χ0v) is 15.9. The first kappa shape index (κ1) is 21.9. The molecule has 2 atom stereocenters. The van der Waals surface area contributed by atoms with Crippen molar-refractivity contribution in [2.24, 2.45) is 5.92 Å². The molecule has 0 aromatic carbocycles. The van der Waals surface area contributed by atoms with Gasteiger partial charge < -0.3 is 9.64 Å². The summed E-state index contributed by atoms with van der Waals surface area (Å²) in [7, 11) is 0. The molecule has 0 saturated carbocycles. The Morgan fingerprint density at radius 1 is 0.913 bits per heavy atom. The lowest BCUT2D eigenvalue weighted by molar-refractivity contribution is -0.163. The molecule has 0 fully saturated rings. The van der Waals surface area contributed by atoms with E-state index in [1.54, 1.807) is 6.92 Å². The lowest BCUT2D eigenvalue weighted by Gasteiger charge is -2.26. The van der Waals surface area contributed by atoms with Crippen LogP contribution in [0.15, 0.2) is 0 Å². The summed E-state index contributed by atoms with van der Waals surface area (Å²) in [4.78, 5) is 26.7. The second kappa shape index (κ2) is 13.4. The molecule has 0 bridgehead atoms. The number of rotatable bonds is 13. The average Bonchev–Trinajstić information content (AvgIpc) is 2.55. The highest BCUT2D eigenvalue weighted by molar-refractivity contribution is 5.84. The van der Waals surface area contributed by atoms with E-state index in [9.17, 15) is 9.59 Å². The van der Waals surface area contributed by atoms with E-state index < -0.39 is 6.10 Å². The average molecular weight is 328 g/mol. The number of hydrogen-bond acceptors (Lipinski definition) is 3. The fourth-order valence-corrected chi connectivity index (χ4v) is 2.55. The molecule has 0 aliphatic heterocycles. The Balaban J connectivity index is 4.59. The van der Waals surface area contributed by atoms with Crippen LogP contribution in [0.3, 0.4) is 0 Å². The van der Waals surface area contributed by atoms with Gasteiger partial charge in [0.25, 0.3) is 5.91 Å². The fraction of sp³-hybridized carbons (Fsp3) is 0.895. The molecule has 0 spiro atoms. The quantitative estimate of drug-likeness (QED) is 0.466. The fourth-order valence-electron chi connectivity index (χ4n) is 2.55.